The lowest BCUT2D eigenvalue weighted by molar-refractivity contribution is 0.0628. The van der Waals surface area contributed by atoms with Gasteiger partial charge in [-0.15, -0.1) is 10.2 Å². The molecule has 45 heavy (non-hydrogen) atoms. The molecular formula is C33H43N7O5. The number of aliphatic hydroxyl groups is 1. The van der Waals surface area contributed by atoms with Crippen LogP contribution < -0.4 is 15.4 Å². The average molecular weight is 618 g/mol. The number of rotatable bonds is 20. The van der Waals surface area contributed by atoms with E-state index in [0.29, 0.717) is 50.1 Å². The normalized spacial score (nSPS) is 11.7. The van der Waals surface area contributed by atoms with Gasteiger partial charge in [-0.05, 0) is 74.6 Å². The Morgan fingerprint density at radius 2 is 1.73 bits per heavy atom. The molecule has 240 valence electrons. The van der Waals surface area contributed by atoms with Gasteiger partial charge in [0.05, 0.1) is 32.4 Å². The average Bonchev–Trinajstić information content (AvgIpc) is 3.44. The topological polar surface area (TPSA) is 146 Å². The fourth-order valence-corrected chi connectivity index (χ4v) is 4.55. The molecule has 0 spiro atoms. The van der Waals surface area contributed by atoms with Crippen LogP contribution in [0.15, 0.2) is 67.1 Å². The van der Waals surface area contributed by atoms with Crippen molar-refractivity contribution in [1.29, 1.82) is 0 Å². The smallest absolute Gasteiger partial charge is 0.251 e. The van der Waals surface area contributed by atoms with Crippen LogP contribution in [-0.2, 0) is 23.1 Å². The summed E-state index contributed by atoms with van der Waals surface area (Å²) in [6.45, 7) is 5.44. The van der Waals surface area contributed by atoms with Gasteiger partial charge in [-0.3, -0.25) is 4.79 Å². The Morgan fingerprint density at radius 3 is 2.56 bits per heavy atom. The quantitative estimate of drug-likeness (QED) is 0.122. The van der Waals surface area contributed by atoms with Crippen LogP contribution in [0.1, 0.15) is 60.4 Å². The van der Waals surface area contributed by atoms with E-state index in [1.807, 2.05) is 61.0 Å². The highest BCUT2D eigenvalue weighted by Gasteiger charge is 2.14. The minimum absolute atomic E-state index is 0.0539. The van der Waals surface area contributed by atoms with E-state index in [2.05, 4.69) is 30.8 Å². The van der Waals surface area contributed by atoms with E-state index in [-0.39, 0.29) is 18.6 Å². The highest BCUT2D eigenvalue weighted by molar-refractivity contribution is 5.95. The Balaban J connectivity index is 1.18. The number of aromatic nitrogens is 5. The van der Waals surface area contributed by atoms with E-state index in [0.717, 1.165) is 55.1 Å². The van der Waals surface area contributed by atoms with Gasteiger partial charge >= 0.3 is 0 Å². The van der Waals surface area contributed by atoms with Crippen molar-refractivity contribution in [2.75, 3.05) is 45.0 Å². The summed E-state index contributed by atoms with van der Waals surface area (Å²) in [5.41, 5.74) is 3.02. The van der Waals surface area contributed by atoms with Crippen LogP contribution in [-0.4, -0.2) is 75.4 Å². The monoisotopic (exact) mass is 617 g/mol. The molecule has 0 bridgehead atoms. The van der Waals surface area contributed by atoms with Crippen LogP contribution in [0.2, 0.25) is 0 Å². The summed E-state index contributed by atoms with van der Waals surface area (Å²) in [6, 6.07) is 16.8. The lowest BCUT2D eigenvalue weighted by Gasteiger charge is -2.16. The third-order valence-electron chi connectivity index (χ3n) is 7.07. The summed E-state index contributed by atoms with van der Waals surface area (Å²) in [5, 5.41) is 23.6. The van der Waals surface area contributed by atoms with Crippen LogP contribution in [0, 0.1) is 0 Å². The predicted molar refractivity (Wildman–Crippen MR) is 171 cm³/mol. The Kier molecular flexibility index (Phi) is 13.7. The van der Waals surface area contributed by atoms with Crippen molar-refractivity contribution in [2.45, 2.75) is 45.2 Å². The van der Waals surface area contributed by atoms with Gasteiger partial charge in [0.15, 0.2) is 11.6 Å². The summed E-state index contributed by atoms with van der Waals surface area (Å²) in [7, 11) is 1.89. The van der Waals surface area contributed by atoms with E-state index in [4.69, 9.17) is 19.3 Å². The molecule has 2 aromatic heterocycles. The van der Waals surface area contributed by atoms with Gasteiger partial charge < -0.3 is 34.5 Å². The van der Waals surface area contributed by atoms with E-state index in [1.165, 1.54) is 6.33 Å². The second kappa shape index (κ2) is 18.4. The molecule has 12 heteroatoms. The first-order chi connectivity index (χ1) is 22.0. The van der Waals surface area contributed by atoms with Gasteiger partial charge in [0.2, 0.25) is 0 Å². The second-order valence-electron chi connectivity index (χ2n) is 10.5. The number of benzene rings is 2. The number of carbonyl (C=O) groups is 1. The van der Waals surface area contributed by atoms with Gasteiger partial charge in [0, 0.05) is 44.3 Å². The molecule has 0 aliphatic rings. The molecule has 1 unspecified atom stereocenters. The lowest BCUT2D eigenvalue weighted by atomic mass is 10.1. The summed E-state index contributed by atoms with van der Waals surface area (Å²) < 4.78 is 18.7. The number of amides is 1. The predicted octanol–water partition coefficient (Wildman–Crippen LogP) is 4.34. The number of nitrogens with one attached hydrogen (secondary N) is 2. The number of aliphatic hydroxyl groups excluding tert-OH is 1. The fourth-order valence-electron chi connectivity index (χ4n) is 4.55. The lowest BCUT2D eigenvalue weighted by Crippen LogP contribution is -2.26. The van der Waals surface area contributed by atoms with Crippen molar-refractivity contribution in [3.05, 3.63) is 84.1 Å². The molecule has 0 saturated heterocycles. The van der Waals surface area contributed by atoms with Gasteiger partial charge in [-0.25, -0.2) is 9.97 Å². The molecule has 3 N–H and O–H groups in total. The fraction of sp³-hybridized carbons (Fsp3) is 0.424. The second-order valence-corrected chi connectivity index (χ2v) is 10.5. The molecule has 4 rings (SSSR count). The third kappa shape index (κ3) is 10.9. The van der Waals surface area contributed by atoms with Crippen molar-refractivity contribution in [2.24, 2.45) is 7.05 Å². The Hall–Kier alpha value is -4.39. The highest BCUT2D eigenvalue weighted by Crippen LogP contribution is 2.21. The molecule has 0 aliphatic carbocycles. The van der Waals surface area contributed by atoms with Crippen molar-refractivity contribution in [1.82, 2.24) is 30.0 Å². The number of ether oxygens (including phenoxy) is 3. The summed E-state index contributed by atoms with van der Waals surface area (Å²) in [4.78, 5) is 21.3. The summed E-state index contributed by atoms with van der Waals surface area (Å²) in [5.74, 6) is 2.00. The van der Waals surface area contributed by atoms with Gasteiger partial charge in [-0.1, -0.05) is 18.2 Å². The van der Waals surface area contributed by atoms with Crippen LogP contribution in [0.5, 0.6) is 5.75 Å². The largest absolute Gasteiger partial charge is 0.494 e. The van der Waals surface area contributed by atoms with Crippen LogP contribution in [0.3, 0.4) is 0 Å². The van der Waals surface area contributed by atoms with Crippen LogP contribution in [0.4, 0.5) is 5.69 Å². The number of anilines is 1. The number of hydrogen-bond donors (Lipinski definition) is 3. The SMILES string of the molecule is CC(NC(=O)c1cccc(NCc2nnc(-c3ccncn3)n2C)c1)c1cccc(OCCCCCOCCCOCCO)c1. The molecule has 0 radical (unpaired) electrons. The van der Waals surface area contributed by atoms with Crippen molar-refractivity contribution < 1.29 is 24.1 Å². The number of hydrogen-bond acceptors (Lipinski definition) is 10. The number of nitrogens with zero attached hydrogens (tertiary/aromatic N) is 5. The zero-order valence-electron chi connectivity index (χ0n) is 26.0. The molecule has 4 aromatic rings. The third-order valence-corrected chi connectivity index (χ3v) is 7.07. The summed E-state index contributed by atoms with van der Waals surface area (Å²) >= 11 is 0. The van der Waals surface area contributed by atoms with E-state index < -0.39 is 0 Å². The maximum Gasteiger partial charge on any atom is 0.251 e. The molecule has 0 fully saturated rings. The molecule has 2 aromatic carbocycles. The van der Waals surface area contributed by atoms with Crippen LogP contribution >= 0.6 is 0 Å². The Bertz CT molecular complexity index is 1450. The Morgan fingerprint density at radius 1 is 0.933 bits per heavy atom. The zero-order valence-corrected chi connectivity index (χ0v) is 26.0. The number of carbonyl (C=O) groups excluding carboxylic acids is 1. The van der Waals surface area contributed by atoms with E-state index in [1.54, 1.807) is 18.3 Å². The Labute approximate surface area is 264 Å². The maximum absolute atomic E-state index is 13.1. The zero-order chi connectivity index (χ0) is 31.7. The molecular weight excluding hydrogens is 574 g/mol. The van der Waals surface area contributed by atoms with Crippen molar-refractivity contribution in [3.8, 4) is 17.3 Å². The molecule has 1 atom stereocenters. The molecule has 0 saturated carbocycles. The minimum atomic E-state index is -0.206. The minimum Gasteiger partial charge on any atom is -0.494 e. The first-order valence-electron chi connectivity index (χ1n) is 15.3. The molecule has 12 nitrogen and oxygen atoms in total. The van der Waals surface area contributed by atoms with Gasteiger partial charge in [0.25, 0.3) is 5.91 Å². The maximum atomic E-state index is 13.1. The first kappa shape index (κ1) is 33.5. The molecule has 0 aliphatic heterocycles. The summed E-state index contributed by atoms with van der Waals surface area (Å²) in [6.07, 6.45) is 6.91. The number of unbranched alkanes of at least 4 members (excludes halogenated alkanes) is 2. The van der Waals surface area contributed by atoms with Crippen LogP contribution in [0.25, 0.3) is 11.5 Å². The molecule has 2 heterocycles. The highest BCUT2D eigenvalue weighted by atomic mass is 16.5. The van der Waals surface area contributed by atoms with Gasteiger partial charge in [-0.2, -0.15) is 0 Å². The van der Waals surface area contributed by atoms with Crippen molar-refractivity contribution in [3.63, 3.8) is 0 Å². The van der Waals surface area contributed by atoms with Gasteiger partial charge in [0.1, 0.15) is 17.8 Å². The first-order valence-corrected chi connectivity index (χ1v) is 15.3. The molecule has 1 amide bonds. The van der Waals surface area contributed by atoms with E-state index >= 15 is 0 Å². The van der Waals surface area contributed by atoms with E-state index in [9.17, 15) is 4.79 Å². The van der Waals surface area contributed by atoms with Crippen molar-refractivity contribution >= 4 is 11.6 Å². The standard InChI is InChI=1S/C33H43N7O5/c1-25(26-9-7-12-29(22-26)45-19-5-3-4-16-43-17-8-18-44-20-15-41)37-33(42)27-10-6-11-28(21-27)35-23-31-38-39-32(40(31)2)30-13-14-34-24-36-30/h6-7,9-14,21-22,24-25,35,41H,3-5,8,15-20,23H2,1-2H3,(H,37,42).